The number of anilines is 1. The molecule has 0 spiro atoms. The van der Waals surface area contributed by atoms with Crippen LogP contribution in [0.5, 0.6) is 0 Å². The molecule has 1 atom stereocenters. The number of alkyl halides is 3. The highest BCUT2D eigenvalue weighted by Crippen LogP contribution is 2.33. The number of nitrogens with one attached hydrogen (secondary N) is 1. The topological polar surface area (TPSA) is 65.3 Å². The zero-order valence-electron chi connectivity index (χ0n) is 10.9. The fourth-order valence-electron chi connectivity index (χ4n) is 1.76. The highest BCUT2D eigenvalue weighted by atomic mass is 19.4. The number of aliphatic hydroxyl groups is 1. The molecule has 0 bridgehead atoms. The number of methoxy groups -OCH3 is 1. The molecule has 0 aliphatic carbocycles. The Morgan fingerprint density at radius 2 is 2.15 bits per heavy atom. The molecule has 1 rings (SSSR count). The zero-order chi connectivity index (χ0) is 15.2. The van der Waals surface area contributed by atoms with Gasteiger partial charge in [-0.15, -0.1) is 0 Å². The summed E-state index contributed by atoms with van der Waals surface area (Å²) in [5, 5.41) is 20.6. The van der Waals surface area contributed by atoms with Crippen molar-refractivity contribution < 1.29 is 23.0 Å². The Bertz CT molecular complexity index is 477. The highest BCUT2D eigenvalue weighted by molar-refractivity contribution is 5.54. The fraction of sp³-hybridized carbons (Fsp3) is 0.462. The molecule has 7 heteroatoms. The Balaban J connectivity index is 2.96. The fourth-order valence-corrected chi connectivity index (χ4v) is 1.76. The molecule has 0 heterocycles. The molecule has 4 nitrogen and oxygen atoms in total. The van der Waals surface area contributed by atoms with Crippen molar-refractivity contribution in [2.75, 3.05) is 25.6 Å². The van der Waals surface area contributed by atoms with E-state index in [0.29, 0.717) is 18.7 Å². The molecule has 0 amide bonds. The molecular weight excluding hydrogens is 273 g/mol. The van der Waals surface area contributed by atoms with Crippen molar-refractivity contribution in [2.24, 2.45) is 0 Å². The van der Waals surface area contributed by atoms with Gasteiger partial charge in [-0.2, -0.15) is 18.4 Å². The Morgan fingerprint density at radius 3 is 2.65 bits per heavy atom. The van der Waals surface area contributed by atoms with E-state index in [2.05, 4.69) is 5.32 Å². The van der Waals surface area contributed by atoms with Crippen LogP contribution < -0.4 is 5.32 Å². The van der Waals surface area contributed by atoms with Crippen molar-refractivity contribution >= 4 is 5.69 Å². The maximum absolute atomic E-state index is 12.6. The van der Waals surface area contributed by atoms with Gasteiger partial charge in [0.15, 0.2) is 0 Å². The molecule has 0 aliphatic rings. The summed E-state index contributed by atoms with van der Waals surface area (Å²) in [6, 6.07) is 4.56. The molecular formula is C13H15F3N2O2. The van der Waals surface area contributed by atoms with Crippen LogP contribution in [0.1, 0.15) is 17.5 Å². The molecule has 2 N–H and O–H groups in total. The monoisotopic (exact) mass is 288 g/mol. The van der Waals surface area contributed by atoms with Crippen molar-refractivity contribution in [3.8, 4) is 6.07 Å². The first-order valence-electron chi connectivity index (χ1n) is 5.90. The van der Waals surface area contributed by atoms with E-state index < -0.39 is 17.3 Å². The molecule has 0 radical (unpaired) electrons. The van der Waals surface area contributed by atoms with Crippen molar-refractivity contribution in [3.05, 3.63) is 29.3 Å². The number of hydrogen-bond acceptors (Lipinski definition) is 4. The van der Waals surface area contributed by atoms with Gasteiger partial charge in [0.05, 0.1) is 29.8 Å². The molecule has 0 saturated heterocycles. The number of rotatable bonds is 6. The Hall–Kier alpha value is -1.78. The maximum atomic E-state index is 12.6. The van der Waals surface area contributed by atoms with Crippen LogP contribution in [0, 0.1) is 11.3 Å². The predicted molar refractivity (Wildman–Crippen MR) is 67.1 cm³/mol. The van der Waals surface area contributed by atoms with Crippen molar-refractivity contribution in [3.63, 3.8) is 0 Å². The second-order valence-electron chi connectivity index (χ2n) is 4.18. The molecule has 110 valence electrons. The third-order valence-electron chi connectivity index (χ3n) is 2.66. The highest BCUT2D eigenvalue weighted by Gasteiger charge is 2.33. The minimum Gasteiger partial charge on any atom is -0.396 e. The lowest BCUT2D eigenvalue weighted by molar-refractivity contribution is -0.137. The second-order valence-corrected chi connectivity index (χ2v) is 4.18. The molecule has 0 aliphatic heterocycles. The first-order valence-corrected chi connectivity index (χ1v) is 5.90. The quantitative estimate of drug-likeness (QED) is 0.843. The number of halogens is 3. The second kappa shape index (κ2) is 7.12. The summed E-state index contributed by atoms with van der Waals surface area (Å²) < 4.78 is 42.9. The van der Waals surface area contributed by atoms with Gasteiger partial charge in [-0.25, -0.2) is 0 Å². The third kappa shape index (κ3) is 4.40. The van der Waals surface area contributed by atoms with Crippen LogP contribution in [-0.2, 0) is 10.9 Å². The molecule has 0 fully saturated rings. The number of ether oxygens (including phenoxy) is 1. The number of nitriles is 1. The summed E-state index contributed by atoms with van der Waals surface area (Å²) in [5.41, 5.74) is -1.02. The number of benzene rings is 1. The molecule has 1 aromatic rings. The summed E-state index contributed by atoms with van der Waals surface area (Å²) in [4.78, 5) is 0. The number of hydrogen-bond donors (Lipinski definition) is 2. The van der Waals surface area contributed by atoms with E-state index >= 15 is 0 Å². The van der Waals surface area contributed by atoms with Gasteiger partial charge in [-0.3, -0.25) is 0 Å². The van der Waals surface area contributed by atoms with E-state index in [-0.39, 0.29) is 12.6 Å². The average molecular weight is 288 g/mol. The van der Waals surface area contributed by atoms with Crippen molar-refractivity contribution in [2.45, 2.75) is 18.6 Å². The molecule has 20 heavy (non-hydrogen) atoms. The average Bonchev–Trinajstić information content (AvgIpc) is 2.38. The smallest absolute Gasteiger partial charge is 0.396 e. The van der Waals surface area contributed by atoms with E-state index in [1.165, 1.54) is 19.2 Å². The van der Waals surface area contributed by atoms with Crippen LogP contribution in [0.15, 0.2) is 18.2 Å². The summed E-state index contributed by atoms with van der Waals surface area (Å²) >= 11 is 0. The number of aliphatic hydroxyl groups excluding tert-OH is 1. The number of nitrogens with zero attached hydrogens (tertiary/aromatic N) is 1. The van der Waals surface area contributed by atoms with E-state index in [1.54, 1.807) is 0 Å². The van der Waals surface area contributed by atoms with Gasteiger partial charge in [0.25, 0.3) is 0 Å². The largest absolute Gasteiger partial charge is 0.417 e. The van der Waals surface area contributed by atoms with Gasteiger partial charge < -0.3 is 15.2 Å². The van der Waals surface area contributed by atoms with E-state index in [0.717, 1.165) is 12.1 Å². The summed E-state index contributed by atoms with van der Waals surface area (Å²) in [7, 11) is 1.49. The van der Waals surface area contributed by atoms with Crippen LogP contribution in [0.4, 0.5) is 18.9 Å². The van der Waals surface area contributed by atoms with Gasteiger partial charge >= 0.3 is 6.18 Å². The Kier molecular flexibility index (Phi) is 5.80. The van der Waals surface area contributed by atoms with Gasteiger partial charge in [-0.05, 0) is 24.6 Å². The van der Waals surface area contributed by atoms with Gasteiger partial charge in [-0.1, -0.05) is 0 Å². The normalized spacial score (nSPS) is 12.8. The van der Waals surface area contributed by atoms with Crippen LogP contribution in [0.2, 0.25) is 0 Å². The van der Waals surface area contributed by atoms with Crippen molar-refractivity contribution in [1.82, 2.24) is 0 Å². The standard InChI is InChI=1S/C13H15F3N2O2/c1-20-8-11(4-5-19)18-10-2-3-12(13(14,15)16)9(6-10)7-17/h2-3,6,11,18-19H,4-5,8H2,1H3. The van der Waals surface area contributed by atoms with E-state index in [9.17, 15) is 13.2 Å². The Morgan fingerprint density at radius 1 is 1.45 bits per heavy atom. The van der Waals surface area contributed by atoms with Crippen LogP contribution in [0.25, 0.3) is 0 Å². The lowest BCUT2D eigenvalue weighted by Gasteiger charge is -2.19. The van der Waals surface area contributed by atoms with E-state index in [1.807, 2.05) is 0 Å². The predicted octanol–water partition coefficient (Wildman–Crippen LogP) is 2.39. The summed E-state index contributed by atoms with van der Waals surface area (Å²) in [6.45, 7) is 0.218. The molecule has 1 unspecified atom stereocenters. The van der Waals surface area contributed by atoms with Gasteiger partial charge in [0, 0.05) is 19.4 Å². The van der Waals surface area contributed by atoms with Crippen molar-refractivity contribution in [1.29, 1.82) is 5.26 Å². The van der Waals surface area contributed by atoms with Crippen LogP contribution >= 0.6 is 0 Å². The van der Waals surface area contributed by atoms with Gasteiger partial charge in [0.2, 0.25) is 0 Å². The molecule has 0 saturated carbocycles. The maximum Gasteiger partial charge on any atom is 0.417 e. The lowest BCUT2D eigenvalue weighted by Crippen LogP contribution is -2.26. The SMILES string of the molecule is COCC(CCO)Nc1ccc(C(F)(F)F)c(C#N)c1. The first kappa shape index (κ1) is 16.3. The zero-order valence-corrected chi connectivity index (χ0v) is 10.9. The van der Waals surface area contributed by atoms with Gasteiger partial charge in [0.1, 0.15) is 0 Å². The Labute approximate surface area is 114 Å². The minimum absolute atomic E-state index is 0.0766. The first-order chi connectivity index (χ1) is 9.42. The summed E-state index contributed by atoms with van der Waals surface area (Å²) in [5.74, 6) is 0. The minimum atomic E-state index is -4.55. The third-order valence-corrected chi connectivity index (χ3v) is 2.66. The van der Waals surface area contributed by atoms with E-state index in [4.69, 9.17) is 15.1 Å². The van der Waals surface area contributed by atoms with Crippen LogP contribution in [0.3, 0.4) is 0 Å². The van der Waals surface area contributed by atoms with Crippen LogP contribution in [-0.4, -0.2) is 31.5 Å². The molecule has 0 aromatic heterocycles. The molecule has 1 aromatic carbocycles. The summed E-state index contributed by atoms with van der Waals surface area (Å²) in [6.07, 6.45) is -4.17. The lowest BCUT2D eigenvalue weighted by atomic mass is 10.1.